The van der Waals surface area contributed by atoms with Gasteiger partial charge in [-0.05, 0) is 25.1 Å². The molecule has 1 rings (SSSR count). The van der Waals surface area contributed by atoms with Crippen LogP contribution in [0.25, 0.3) is 0 Å². The number of thiol groups is 1. The second kappa shape index (κ2) is 4.71. The molecule has 2 nitrogen and oxygen atoms in total. The molecule has 0 spiro atoms. The topological polar surface area (TPSA) is 26.3 Å². The lowest BCUT2D eigenvalue weighted by atomic mass is 10.1. The molecular weight excluding hydrogens is 220 g/mol. The molecule has 0 fully saturated rings. The fourth-order valence-electron chi connectivity index (χ4n) is 1.06. The molecule has 1 unspecified atom stereocenters. The SMILES string of the molecule is COc1cc(C(=O)C(C)Cl)ccc1S. The third-order valence-electron chi connectivity index (χ3n) is 1.83. The van der Waals surface area contributed by atoms with E-state index in [1.807, 2.05) is 0 Å². The van der Waals surface area contributed by atoms with E-state index in [0.717, 1.165) is 0 Å². The Hall–Kier alpha value is -0.670. The number of Topliss-reactive ketones (excluding diaryl/α,β-unsaturated/α-hetero) is 1. The van der Waals surface area contributed by atoms with Crippen molar-refractivity contribution in [1.29, 1.82) is 0 Å². The summed E-state index contributed by atoms with van der Waals surface area (Å²) in [7, 11) is 1.54. The lowest BCUT2D eigenvalue weighted by molar-refractivity contribution is 0.0991. The van der Waals surface area contributed by atoms with Gasteiger partial charge in [0.2, 0.25) is 0 Å². The van der Waals surface area contributed by atoms with E-state index in [1.54, 1.807) is 25.1 Å². The molecular formula is C10H11ClO2S. The Morgan fingerprint density at radius 1 is 1.57 bits per heavy atom. The van der Waals surface area contributed by atoms with Crippen molar-refractivity contribution in [2.45, 2.75) is 17.2 Å². The van der Waals surface area contributed by atoms with E-state index in [-0.39, 0.29) is 5.78 Å². The predicted octanol–water partition coefficient (Wildman–Crippen LogP) is 2.79. The highest BCUT2D eigenvalue weighted by atomic mass is 35.5. The van der Waals surface area contributed by atoms with Crippen molar-refractivity contribution in [2.75, 3.05) is 7.11 Å². The molecule has 0 heterocycles. The van der Waals surface area contributed by atoms with Gasteiger partial charge >= 0.3 is 0 Å². The molecule has 0 saturated carbocycles. The van der Waals surface area contributed by atoms with Crippen molar-refractivity contribution in [3.8, 4) is 5.75 Å². The first-order chi connectivity index (χ1) is 6.56. The number of carbonyl (C=O) groups excluding carboxylic acids is 1. The molecule has 0 N–H and O–H groups in total. The number of rotatable bonds is 3. The maximum atomic E-state index is 11.5. The van der Waals surface area contributed by atoms with Crippen LogP contribution in [-0.4, -0.2) is 18.3 Å². The summed E-state index contributed by atoms with van der Waals surface area (Å²) >= 11 is 9.86. The summed E-state index contributed by atoms with van der Waals surface area (Å²) in [6.07, 6.45) is 0. The Labute approximate surface area is 93.6 Å². The van der Waals surface area contributed by atoms with Crippen molar-refractivity contribution >= 4 is 30.0 Å². The van der Waals surface area contributed by atoms with Gasteiger partial charge in [-0.15, -0.1) is 24.2 Å². The zero-order valence-electron chi connectivity index (χ0n) is 7.95. The molecule has 76 valence electrons. The molecule has 0 aliphatic carbocycles. The average Bonchev–Trinajstić information content (AvgIpc) is 2.17. The molecule has 1 atom stereocenters. The summed E-state index contributed by atoms with van der Waals surface area (Å²) in [5.41, 5.74) is 0.544. The zero-order valence-corrected chi connectivity index (χ0v) is 9.60. The average molecular weight is 231 g/mol. The minimum absolute atomic E-state index is 0.113. The number of benzene rings is 1. The van der Waals surface area contributed by atoms with Gasteiger partial charge in [-0.3, -0.25) is 4.79 Å². The highest BCUT2D eigenvalue weighted by molar-refractivity contribution is 7.80. The van der Waals surface area contributed by atoms with Crippen LogP contribution in [0, 0.1) is 0 Å². The Morgan fingerprint density at radius 2 is 2.21 bits per heavy atom. The van der Waals surface area contributed by atoms with Crippen molar-refractivity contribution in [2.24, 2.45) is 0 Å². The van der Waals surface area contributed by atoms with Crippen LogP contribution >= 0.6 is 24.2 Å². The minimum Gasteiger partial charge on any atom is -0.496 e. The number of carbonyl (C=O) groups is 1. The Bertz CT molecular complexity index is 350. The van der Waals surface area contributed by atoms with Gasteiger partial charge < -0.3 is 4.74 Å². The molecule has 0 radical (unpaired) electrons. The second-order valence-corrected chi connectivity index (χ2v) is 4.00. The number of halogens is 1. The van der Waals surface area contributed by atoms with Crippen LogP contribution in [0.2, 0.25) is 0 Å². The lowest BCUT2D eigenvalue weighted by Gasteiger charge is -2.07. The van der Waals surface area contributed by atoms with Crippen LogP contribution in [0.3, 0.4) is 0 Å². The summed E-state index contributed by atoms with van der Waals surface area (Å²) in [4.78, 5) is 12.2. The molecule has 4 heteroatoms. The molecule has 14 heavy (non-hydrogen) atoms. The standard InChI is InChI=1S/C10H11ClO2S/c1-6(11)10(12)7-3-4-9(14)8(5-7)13-2/h3-6,14H,1-2H3. The molecule has 0 aliphatic heterocycles. The van der Waals surface area contributed by atoms with Gasteiger partial charge in [0.25, 0.3) is 0 Å². The normalized spacial score (nSPS) is 12.3. The molecule has 0 bridgehead atoms. The van der Waals surface area contributed by atoms with Gasteiger partial charge in [0.1, 0.15) is 5.75 Å². The Morgan fingerprint density at radius 3 is 2.71 bits per heavy atom. The van der Waals surface area contributed by atoms with Gasteiger partial charge in [-0.2, -0.15) is 0 Å². The van der Waals surface area contributed by atoms with Crippen LogP contribution in [0.4, 0.5) is 0 Å². The minimum atomic E-state index is -0.523. The quantitative estimate of drug-likeness (QED) is 0.491. The molecule has 0 aliphatic rings. The summed E-state index contributed by atoms with van der Waals surface area (Å²) in [5, 5.41) is -0.523. The van der Waals surface area contributed by atoms with E-state index in [2.05, 4.69) is 12.6 Å². The van der Waals surface area contributed by atoms with Crippen molar-refractivity contribution in [3.05, 3.63) is 23.8 Å². The number of hydrogen-bond acceptors (Lipinski definition) is 3. The van der Waals surface area contributed by atoms with E-state index in [9.17, 15) is 4.79 Å². The summed E-state index contributed by atoms with van der Waals surface area (Å²) in [6, 6.07) is 5.05. The summed E-state index contributed by atoms with van der Waals surface area (Å²) < 4.78 is 5.04. The fourth-order valence-corrected chi connectivity index (χ4v) is 1.42. The van der Waals surface area contributed by atoms with Crippen LogP contribution in [-0.2, 0) is 0 Å². The molecule has 0 aromatic heterocycles. The first-order valence-corrected chi connectivity index (χ1v) is 5.00. The largest absolute Gasteiger partial charge is 0.496 e. The van der Waals surface area contributed by atoms with E-state index >= 15 is 0 Å². The predicted molar refractivity (Wildman–Crippen MR) is 59.9 cm³/mol. The van der Waals surface area contributed by atoms with Gasteiger partial charge in [0, 0.05) is 10.5 Å². The fraction of sp³-hybridized carbons (Fsp3) is 0.300. The van der Waals surface area contributed by atoms with Crippen LogP contribution in [0.15, 0.2) is 23.1 Å². The maximum Gasteiger partial charge on any atom is 0.180 e. The van der Waals surface area contributed by atoms with E-state index in [1.165, 1.54) is 7.11 Å². The third-order valence-corrected chi connectivity index (χ3v) is 2.39. The lowest BCUT2D eigenvalue weighted by Crippen LogP contribution is -2.10. The molecule has 1 aromatic carbocycles. The summed E-state index contributed by atoms with van der Waals surface area (Å²) in [5.74, 6) is 0.467. The third kappa shape index (κ3) is 2.42. The molecule has 0 saturated heterocycles. The van der Waals surface area contributed by atoms with Crippen LogP contribution < -0.4 is 4.74 Å². The van der Waals surface area contributed by atoms with Crippen LogP contribution in [0.1, 0.15) is 17.3 Å². The Balaban J connectivity index is 3.06. The zero-order chi connectivity index (χ0) is 10.7. The van der Waals surface area contributed by atoms with E-state index < -0.39 is 5.38 Å². The van der Waals surface area contributed by atoms with Gasteiger partial charge in [-0.25, -0.2) is 0 Å². The molecule has 0 amide bonds. The Kier molecular flexibility index (Phi) is 3.84. The monoisotopic (exact) mass is 230 g/mol. The number of ketones is 1. The number of alkyl halides is 1. The highest BCUT2D eigenvalue weighted by Gasteiger charge is 2.13. The smallest absolute Gasteiger partial charge is 0.180 e. The van der Waals surface area contributed by atoms with E-state index in [4.69, 9.17) is 16.3 Å². The van der Waals surface area contributed by atoms with Crippen molar-refractivity contribution in [3.63, 3.8) is 0 Å². The van der Waals surface area contributed by atoms with Crippen molar-refractivity contribution < 1.29 is 9.53 Å². The first-order valence-electron chi connectivity index (χ1n) is 4.11. The number of ether oxygens (including phenoxy) is 1. The van der Waals surface area contributed by atoms with Crippen molar-refractivity contribution in [1.82, 2.24) is 0 Å². The van der Waals surface area contributed by atoms with Gasteiger partial charge in [0.05, 0.1) is 12.5 Å². The maximum absolute atomic E-state index is 11.5. The van der Waals surface area contributed by atoms with E-state index in [0.29, 0.717) is 16.2 Å². The number of hydrogen-bond donors (Lipinski definition) is 1. The van der Waals surface area contributed by atoms with Gasteiger partial charge in [0.15, 0.2) is 5.78 Å². The number of methoxy groups -OCH3 is 1. The van der Waals surface area contributed by atoms with Crippen LogP contribution in [0.5, 0.6) is 5.75 Å². The highest BCUT2D eigenvalue weighted by Crippen LogP contribution is 2.24. The summed E-state index contributed by atoms with van der Waals surface area (Å²) in [6.45, 7) is 1.64. The first kappa shape index (κ1) is 11.4. The van der Waals surface area contributed by atoms with Gasteiger partial charge in [-0.1, -0.05) is 0 Å². The second-order valence-electron chi connectivity index (χ2n) is 2.87. The molecule has 1 aromatic rings.